The third kappa shape index (κ3) is 5.41. The zero-order valence-corrected chi connectivity index (χ0v) is 17.2. The van der Waals surface area contributed by atoms with Crippen LogP contribution in [-0.2, 0) is 22.3 Å². The first kappa shape index (κ1) is 24.8. The Morgan fingerprint density at radius 2 is 1.61 bits per heavy atom. The molecule has 31 heavy (non-hydrogen) atoms. The maximum Gasteiger partial charge on any atom is 0.416 e. The minimum Gasteiger partial charge on any atom is -0.459 e. The number of alkyl halides is 3. The monoisotopic (exact) mass is 471 g/mol. The Balaban J connectivity index is 2.22. The van der Waals surface area contributed by atoms with Crippen molar-refractivity contribution >= 4 is 23.3 Å². The minimum absolute atomic E-state index is 0.0184. The summed E-state index contributed by atoms with van der Waals surface area (Å²) in [7, 11) is 0. The number of halogens is 8. The number of hydrogen-bond donors (Lipinski definition) is 1. The second-order valence-electron chi connectivity index (χ2n) is 7.03. The van der Waals surface area contributed by atoms with Crippen LogP contribution in [0, 0.1) is 36.1 Å². The lowest BCUT2D eigenvalue weighted by Crippen LogP contribution is -2.36. The molecule has 0 fully saturated rings. The van der Waals surface area contributed by atoms with Crippen molar-refractivity contribution < 1.29 is 40.3 Å². The van der Waals surface area contributed by atoms with E-state index in [0.29, 0.717) is 6.07 Å². The van der Waals surface area contributed by atoms with Crippen LogP contribution >= 0.6 is 11.6 Å². The Hall–Kier alpha value is -2.49. The predicted octanol–water partition coefficient (Wildman–Crippen LogP) is 6.40. The van der Waals surface area contributed by atoms with Crippen LogP contribution in [0.1, 0.15) is 30.5 Å². The maximum atomic E-state index is 13.9. The molecule has 0 aromatic heterocycles. The van der Waals surface area contributed by atoms with Crippen molar-refractivity contribution in [2.45, 2.75) is 39.6 Å². The van der Waals surface area contributed by atoms with Gasteiger partial charge in [0.25, 0.3) is 0 Å². The summed E-state index contributed by atoms with van der Waals surface area (Å²) >= 11 is 5.86. The molecule has 0 spiro atoms. The summed E-state index contributed by atoms with van der Waals surface area (Å²) in [5.74, 6) is -8.17. The molecule has 1 atom stereocenters. The Morgan fingerprint density at radius 1 is 1.06 bits per heavy atom. The van der Waals surface area contributed by atoms with E-state index in [1.807, 2.05) is 0 Å². The van der Waals surface area contributed by atoms with E-state index >= 15 is 0 Å². The lowest BCUT2D eigenvalue weighted by Gasteiger charge is -2.23. The van der Waals surface area contributed by atoms with Gasteiger partial charge in [-0.05, 0) is 31.0 Å². The van der Waals surface area contributed by atoms with Crippen molar-refractivity contribution in [1.82, 2.24) is 0 Å². The highest BCUT2D eigenvalue weighted by atomic mass is 35.5. The largest absolute Gasteiger partial charge is 0.459 e. The van der Waals surface area contributed by atoms with Gasteiger partial charge in [0.2, 0.25) is 0 Å². The molecule has 170 valence electrons. The van der Waals surface area contributed by atoms with Gasteiger partial charge in [-0.2, -0.15) is 13.2 Å². The molecule has 2 rings (SSSR count). The van der Waals surface area contributed by atoms with Crippen molar-refractivity contribution in [2.24, 2.45) is 5.92 Å². The van der Waals surface area contributed by atoms with Crippen LogP contribution in [0.4, 0.5) is 36.4 Å². The summed E-state index contributed by atoms with van der Waals surface area (Å²) in [6, 6.07) is 1.23. The van der Waals surface area contributed by atoms with Crippen molar-refractivity contribution in [3.63, 3.8) is 0 Å². The number of carbonyl (C=O) groups excluding carboxylic acids is 1. The van der Waals surface area contributed by atoms with E-state index in [1.165, 1.54) is 0 Å². The van der Waals surface area contributed by atoms with Crippen LogP contribution in [-0.4, -0.2) is 12.0 Å². The van der Waals surface area contributed by atoms with Crippen molar-refractivity contribution in [3.05, 3.63) is 63.2 Å². The molecule has 0 aliphatic heterocycles. The van der Waals surface area contributed by atoms with Crippen LogP contribution < -0.4 is 5.32 Å². The maximum absolute atomic E-state index is 13.9. The minimum atomic E-state index is -4.62. The third-order valence-corrected chi connectivity index (χ3v) is 4.77. The number of ether oxygens (including phenoxy) is 1. The highest BCUT2D eigenvalue weighted by Gasteiger charge is 2.32. The normalized spacial score (nSPS) is 12.8. The smallest absolute Gasteiger partial charge is 0.416 e. The van der Waals surface area contributed by atoms with E-state index in [1.54, 1.807) is 13.8 Å². The van der Waals surface area contributed by atoms with Crippen LogP contribution in [0.15, 0.2) is 18.2 Å². The second kappa shape index (κ2) is 9.33. The highest BCUT2D eigenvalue weighted by molar-refractivity contribution is 6.33. The number of rotatable bonds is 6. The Labute approximate surface area is 178 Å². The summed E-state index contributed by atoms with van der Waals surface area (Å²) in [5, 5.41) is 2.29. The van der Waals surface area contributed by atoms with Crippen LogP contribution in [0.5, 0.6) is 0 Å². The molecule has 0 aliphatic rings. The average Bonchev–Trinajstić information content (AvgIpc) is 2.68. The summed E-state index contributed by atoms with van der Waals surface area (Å²) in [4.78, 5) is 12.4. The van der Waals surface area contributed by atoms with Gasteiger partial charge in [0.1, 0.15) is 12.6 Å². The van der Waals surface area contributed by atoms with Crippen molar-refractivity contribution in [2.75, 3.05) is 5.32 Å². The van der Waals surface area contributed by atoms with E-state index in [2.05, 4.69) is 5.32 Å². The third-order valence-electron chi connectivity index (χ3n) is 4.46. The quantitative estimate of drug-likeness (QED) is 0.301. The fourth-order valence-corrected chi connectivity index (χ4v) is 2.86. The number of hydrogen-bond acceptors (Lipinski definition) is 3. The summed E-state index contributed by atoms with van der Waals surface area (Å²) in [6.07, 6.45) is -4.62. The summed E-state index contributed by atoms with van der Waals surface area (Å²) < 4.78 is 98.3. The number of esters is 1. The van der Waals surface area contributed by atoms with Gasteiger partial charge in [-0.15, -0.1) is 0 Å². The number of anilines is 1. The zero-order valence-electron chi connectivity index (χ0n) is 16.4. The molecule has 0 bridgehead atoms. The molecule has 0 aliphatic carbocycles. The fraction of sp³-hybridized carbons (Fsp3) is 0.350. The predicted molar refractivity (Wildman–Crippen MR) is 99.5 cm³/mol. The Morgan fingerprint density at radius 3 is 2.06 bits per heavy atom. The number of nitrogens with one attached hydrogen (secondary N) is 1. The molecule has 3 nitrogen and oxygen atoms in total. The van der Waals surface area contributed by atoms with Gasteiger partial charge >= 0.3 is 12.1 Å². The lowest BCUT2D eigenvalue weighted by molar-refractivity contribution is -0.147. The topological polar surface area (TPSA) is 38.3 Å². The average molecular weight is 472 g/mol. The molecule has 0 saturated heterocycles. The van der Waals surface area contributed by atoms with Crippen LogP contribution in [0.2, 0.25) is 5.02 Å². The molecule has 11 heteroatoms. The number of benzene rings is 2. The van der Waals surface area contributed by atoms with E-state index in [9.17, 15) is 35.5 Å². The van der Waals surface area contributed by atoms with Gasteiger partial charge in [0, 0.05) is 5.56 Å². The van der Waals surface area contributed by atoms with Crippen LogP contribution in [0.25, 0.3) is 0 Å². The first-order valence-electron chi connectivity index (χ1n) is 8.87. The van der Waals surface area contributed by atoms with Gasteiger partial charge in [0.15, 0.2) is 23.3 Å². The molecule has 2 aromatic rings. The van der Waals surface area contributed by atoms with E-state index in [0.717, 1.165) is 19.1 Å². The molecule has 1 unspecified atom stereocenters. The molecule has 0 heterocycles. The van der Waals surface area contributed by atoms with E-state index < -0.39 is 70.7 Å². The Kier molecular flexibility index (Phi) is 7.46. The Bertz CT molecular complexity index is 963. The standard InChI is InChI=1S/C20H17ClF7NO2/c1-8(2)18(29-13-5-4-10(6-12(13)21)20(26,27)28)19(30)31-7-11-16(24)14(22)9(3)15(23)17(11)25/h4-6,8,18,29H,7H2,1-3H3. The summed E-state index contributed by atoms with van der Waals surface area (Å²) in [5.41, 5.74) is -2.98. The molecule has 0 radical (unpaired) electrons. The van der Waals surface area contributed by atoms with E-state index in [-0.39, 0.29) is 10.7 Å². The van der Waals surface area contributed by atoms with E-state index in [4.69, 9.17) is 16.3 Å². The molecule has 0 saturated carbocycles. The van der Waals surface area contributed by atoms with Gasteiger partial charge in [-0.1, -0.05) is 25.4 Å². The first-order chi connectivity index (χ1) is 14.3. The first-order valence-corrected chi connectivity index (χ1v) is 9.24. The zero-order chi connectivity index (χ0) is 23.7. The molecular weight excluding hydrogens is 455 g/mol. The molecule has 1 N–H and O–H groups in total. The van der Waals surface area contributed by atoms with Gasteiger partial charge in [0.05, 0.1) is 21.8 Å². The second-order valence-corrected chi connectivity index (χ2v) is 7.43. The lowest BCUT2D eigenvalue weighted by atomic mass is 10.0. The molecule has 2 aromatic carbocycles. The fourth-order valence-electron chi connectivity index (χ4n) is 2.62. The molecule has 0 amide bonds. The summed E-state index contributed by atoms with van der Waals surface area (Å²) in [6.45, 7) is 2.86. The van der Waals surface area contributed by atoms with Gasteiger partial charge in [-0.3, -0.25) is 0 Å². The van der Waals surface area contributed by atoms with Gasteiger partial charge < -0.3 is 10.1 Å². The SMILES string of the molecule is Cc1c(F)c(F)c(COC(=O)C(Nc2ccc(C(F)(F)F)cc2Cl)C(C)C)c(F)c1F. The van der Waals surface area contributed by atoms with Crippen LogP contribution in [0.3, 0.4) is 0 Å². The van der Waals surface area contributed by atoms with Crippen molar-refractivity contribution in [3.8, 4) is 0 Å². The number of carbonyl (C=O) groups is 1. The van der Waals surface area contributed by atoms with Gasteiger partial charge in [-0.25, -0.2) is 22.4 Å². The highest BCUT2D eigenvalue weighted by Crippen LogP contribution is 2.34. The molecular formula is C20H17ClF7NO2. The van der Waals surface area contributed by atoms with Crippen molar-refractivity contribution in [1.29, 1.82) is 0 Å².